The van der Waals surface area contributed by atoms with Crippen LogP contribution in [0.4, 0.5) is 0 Å². The summed E-state index contributed by atoms with van der Waals surface area (Å²) in [5.74, 6) is 1.28. The molecule has 1 atom stereocenters. The van der Waals surface area contributed by atoms with Crippen LogP contribution in [-0.2, 0) is 0 Å². The highest BCUT2D eigenvalue weighted by atomic mass is 16.5. The predicted molar refractivity (Wildman–Crippen MR) is 51.4 cm³/mol. The summed E-state index contributed by atoms with van der Waals surface area (Å²) in [6.07, 6.45) is 1.04. The highest BCUT2D eigenvalue weighted by Gasteiger charge is 2.07. The van der Waals surface area contributed by atoms with Crippen molar-refractivity contribution in [3.63, 3.8) is 0 Å². The lowest BCUT2D eigenvalue weighted by Crippen LogP contribution is -1.95. The molecular weight excluding hydrogens is 148 g/mol. The first-order valence-electron chi connectivity index (χ1n) is 4.25. The number of ether oxygens (including phenoxy) is 1. The minimum atomic E-state index is 0.334. The molecule has 1 unspecified atom stereocenters. The third-order valence-corrected chi connectivity index (χ3v) is 2.07. The third kappa shape index (κ3) is 1.79. The van der Waals surface area contributed by atoms with Crippen molar-refractivity contribution in [3.8, 4) is 5.75 Å². The fourth-order valence-corrected chi connectivity index (χ4v) is 1.22. The lowest BCUT2D eigenvalue weighted by atomic mass is 9.98. The summed E-state index contributed by atoms with van der Waals surface area (Å²) >= 11 is 0. The van der Waals surface area contributed by atoms with Gasteiger partial charge in [0.05, 0.1) is 7.11 Å². The normalized spacial score (nSPS) is 12.6. The van der Waals surface area contributed by atoms with Gasteiger partial charge in [-0.25, -0.2) is 0 Å². The van der Waals surface area contributed by atoms with E-state index in [1.54, 1.807) is 7.11 Å². The van der Waals surface area contributed by atoms with E-state index < -0.39 is 0 Å². The molecule has 0 heterocycles. The van der Waals surface area contributed by atoms with E-state index in [0.717, 1.165) is 12.2 Å². The summed E-state index contributed by atoms with van der Waals surface area (Å²) in [6.45, 7) is 6.18. The molecule has 0 N–H and O–H groups in total. The summed E-state index contributed by atoms with van der Waals surface area (Å²) in [5.41, 5.74) is 1.20. The van der Waals surface area contributed by atoms with Crippen molar-refractivity contribution in [2.75, 3.05) is 7.11 Å². The molecule has 1 aromatic rings. The van der Waals surface area contributed by atoms with Crippen LogP contribution in [0.25, 0.3) is 0 Å². The molecule has 0 saturated heterocycles. The minimum absolute atomic E-state index is 0.334. The Bertz CT molecular complexity index is 243. The largest absolute Gasteiger partial charge is 0.496 e. The molecule has 1 nitrogen and oxygen atoms in total. The maximum atomic E-state index is 5.23. The Morgan fingerprint density at radius 2 is 2.08 bits per heavy atom. The number of para-hydroxylation sites is 1. The van der Waals surface area contributed by atoms with Crippen LogP contribution in [0.3, 0.4) is 0 Å². The van der Waals surface area contributed by atoms with Gasteiger partial charge in [-0.05, 0) is 30.9 Å². The quantitative estimate of drug-likeness (QED) is 0.665. The van der Waals surface area contributed by atoms with E-state index in [-0.39, 0.29) is 0 Å². The Morgan fingerprint density at radius 1 is 1.42 bits per heavy atom. The van der Waals surface area contributed by atoms with Crippen LogP contribution < -0.4 is 4.74 Å². The molecule has 0 aliphatic rings. The molecule has 0 aliphatic carbocycles. The predicted octanol–water partition coefficient (Wildman–Crippen LogP) is 3.02. The van der Waals surface area contributed by atoms with Gasteiger partial charge in [-0.2, -0.15) is 0 Å². The van der Waals surface area contributed by atoms with E-state index in [0.29, 0.717) is 5.92 Å². The molecule has 0 bridgehead atoms. The van der Waals surface area contributed by atoms with E-state index in [1.807, 2.05) is 18.2 Å². The van der Waals surface area contributed by atoms with Crippen LogP contribution in [0, 0.1) is 6.92 Å². The van der Waals surface area contributed by atoms with E-state index in [1.165, 1.54) is 5.56 Å². The first-order chi connectivity index (χ1) is 5.79. The molecule has 65 valence electrons. The summed E-state index contributed by atoms with van der Waals surface area (Å²) < 4.78 is 5.23. The lowest BCUT2D eigenvalue weighted by molar-refractivity contribution is 0.407. The molecule has 1 rings (SSSR count). The molecule has 1 aromatic carbocycles. The molecule has 0 spiro atoms. The molecule has 0 fully saturated rings. The van der Waals surface area contributed by atoms with Crippen LogP contribution in [0.15, 0.2) is 24.3 Å². The van der Waals surface area contributed by atoms with E-state index in [4.69, 9.17) is 4.74 Å². The monoisotopic (exact) mass is 163 g/mol. The molecular formula is C11H15O. The molecule has 0 aliphatic heterocycles. The van der Waals surface area contributed by atoms with Crippen molar-refractivity contribution in [2.45, 2.75) is 19.3 Å². The van der Waals surface area contributed by atoms with Gasteiger partial charge in [0.1, 0.15) is 5.75 Å². The second kappa shape index (κ2) is 4.15. The van der Waals surface area contributed by atoms with Gasteiger partial charge in [-0.1, -0.05) is 25.1 Å². The second-order valence-electron chi connectivity index (χ2n) is 2.85. The first kappa shape index (κ1) is 9.11. The number of methoxy groups -OCH3 is 1. The van der Waals surface area contributed by atoms with Gasteiger partial charge in [0.15, 0.2) is 0 Å². The van der Waals surface area contributed by atoms with E-state index >= 15 is 0 Å². The SMILES string of the molecule is [CH2]C(CC)c1ccccc1OC. The van der Waals surface area contributed by atoms with Gasteiger partial charge in [0.25, 0.3) is 0 Å². The highest BCUT2D eigenvalue weighted by Crippen LogP contribution is 2.27. The average Bonchev–Trinajstić information content (AvgIpc) is 2.16. The molecule has 0 saturated carbocycles. The second-order valence-corrected chi connectivity index (χ2v) is 2.85. The Hall–Kier alpha value is -0.980. The standard InChI is InChI=1S/C11H15O/c1-4-9(2)10-7-5-6-8-11(10)12-3/h5-9H,2,4H2,1,3H3. The fraction of sp³-hybridized carbons (Fsp3) is 0.364. The van der Waals surface area contributed by atoms with Crippen LogP contribution in [0.2, 0.25) is 0 Å². The zero-order valence-corrected chi connectivity index (χ0v) is 7.71. The van der Waals surface area contributed by atoms with Crippen molar-refractivity contribution in [1.29, 1.82) is 0 Å². The number of rotatable bonds is 3. The Kier molecular flexibility index (Phi) is 3.15. The molecule has 12 heavy (non-hydrogen) atoms. The van der Waals surface area contributed by atoms with Crippen molar-refractivity contribution in [3.05, 3.63) is 36.8 Å². The smallest absolute Gasteiger partial charge is 0.122 e. The van der Waals surface area contributed by atoms with E-state index in [2.05, 4.69) is 19.9 Å². The highest BCUT2D eigenvalue weighted by molar-refractivity contribution is 5.36. The molecule has 0 aromatic heterocycles. The Labute approximate surface area is 74.4 Å². The number of benzene rings is 1. The zero-order valence-electron chi connectivity index (χ0n) is 7.71. The minimum Gasteiger partial charge on any atom is -0.496 e. The van der Waals surface area contributed by atoms with Gasteiger partial charge in [-0.3, -0.25) is 0 Å². The maximum Gasteiger partial charge on any atom is 0.122 e. The molecule has 1 heteroatoms. The zero-order chi connectivity index (χ0) is 8.97. The fourth-order valence-electron chi connectivity index (χ4n) is 1.22. The van der Waals surface area contributed by atoms with Crippen LogP contribution >= 0.6 is 0 Å². The first-order valence-corrected chi connectivity index (χ1v) is 4.25. The molecule has 0 amide bonds. The summed E-state index contributed by atoms with van der Waals surface area (Å²) in [6, 6.07) is 8.04. The third-order valence-electron chi connectivity index (χ3n) is 2.07. The average molecular weight is 163 g/mol. The van der Waals surface area contributed by atoms with Gasteiger partial charge in [-0.15, -0.1) is 0 Å². The van der Waals surface area contributed by atoms with Crippen molar-refractivity contribution >= 4 is 0 Å². The van der Waals surface area contributed by atoms with Crippen LogP contribution in [-0.4, -0.2) is 7.11 Å². The van der Waals surface area contributed by atoms with E-state index in [9.17, 15) is 0 Å². The lowest BCUT2D eigenvalue weighted by Gasteiger charge is -2.12. The van der Waals surface area contributed by atoms with Gasteiger partial charge in [0, 0.05) is 0 Å². The summed E-state index contributed by atoms with van der Waals surface area (Å²) in [4.78, 5) is 0. The topological polar surface area (TPSA) is 9.23 Å². The summed E-state index contributed by atoms with van der Waals surface area (Å²) in [5, 5.41) is 0. The van der Waals surface area contributed by atoms with Gasteiger partial charge < -0.3 is 4.74 Å². The van der Waals surface area contributed by atoms with Crippen LogP contribution in [0.1, 0.15) is 24.8 Å². The number of hydrogen-bond donors (Lipinski definition) is 0. The Morgan fingerprint density at radius 3 is 2.67 bits per heavy atom. The summed E-state index contributed by atoms with van der Waals surface area (Å²) in [7, 11) is 1.70. The van der Waals surface area contributed by atoms with Gasteiger partial charge in [0.2, 0.25) is 0 Å². The van der Waals surface area contributed by atoms with Crippen molar-refractivity contribution in [1.82, 2.24) is 0 Å². The van der Waals surface area contributed by atoms with Crippen molar-refractivity contribution in [2.24, 2.45) is 0 Å². The number of hydrogen-bond acceptors (Lipinski definition) is 1. The Balaban J connectivity index is 2.96. The van der Waals surface area contributed by atoms with Crippen molar-refractivity contribution < 1.29 is 4.74 Å². The molecule has 1 radical (unpaired) electrons. The van der Waals surface area contributed by atoms with Crippen LogP contribution in [0.5, 0.6) is 5.75 Å². The van der Waals surface area contributed by atoms with Gasteiger partial charge >= 0.3 is 0 Å². The maximum absolute atomic E-state index is 5.23.